The number of ether oxygens (including phenoxy) is 1. The lowest BCUT2D eigenvalue weighted by Gasteiger charge is -2.25. The van der Waals surface area contributed by atoms with Gasteiger partial charge in [-0.3, -0.25) is 4.79 Å². The molecule has 1 fully saturated rings. The third-order valence-corrected chi connectivity index (χ3v) is 3.75. The van der Waals surface area contributed by atoms with Gasteiger partial charge in [0.15, 0.2) is 0 Å². The van der Waals surface area contributed by atoms with Crippen LogP contribution >= 0.6 is 0 Å². The van der Waals surface area contributed by atoms with Crippen molar-refractivity contribution in [3.05, 3.63) is 29.8 Å². The maximum atomic E-state index is 12.2. The maximum Gasteiger partial charge on any atom is 0.338 e. The van der Waals surface area contributed by atoms with E-state index in [9.17, 15) is 9.59 Å². The molecule has 0 spiro atoms. The lowest BCUT2D eigenvalue weighted by atomic mass is 9.85. The summed E-state index contributed by atoms with van der Waals surface area (Å²) in [6.45, 7) is 2.11. The van der Waals surface area contributed by atoms with Gasteiger partial charge in [-0.05, 0) is 50.5 Å². The predicted octanol–water partition coefficient (Wildman–Crippen LogP) is 2.32. The molecule has 21 heavy (non-hydrogen) atoms. The Balaban J connectivity index is 1.93. The summed E-state index contributed by atoms with van der Waals surface area (Å²) >= 11 is 0. The van der Waals surface area contributed by atoms with Gasteiger partial charge in [0.25, 0.3) is 0 Å². The highest BCUT2D eigenvalue weighted by molar-refractivity contribution is 5.94. The monoisotopic (exact) mass is 290 g/mol. The van der Waals surface area contributed by atoms with E-state index < -0.39 is 0 Å². The first-order valence-electron chi connectivity index (χ1n) is 7.43. The van der Waals surface area contributed by atoms with Crippen LogP contribution in [0.15, 0.2) is 24.3 Å². The van der Waals surface area contributed by atoms with E-state index in [0.29, 0.717) is 17.9 Å². The number of rotatable bonds is 4. The summed E-state index contributed by atoms with van der Waals surface area (Å²) in [5.74, 6) is -0.360. The normalized spacial score (nSPS) is 21.6. The molecule has 1 saturated carbocycles. The second-order valence-electron chi connectivity index (χ2n) is 5.41. The Hall–Kier alpha value is -1.88. The van der Waals surface area contributed by atoms with Crippen molar-refractivity contribution in [2.75, 3.05) is 11.9 Å². The van der Waals surface area contributed by atoms with E-state index in [1.165, 1.54) is 0 Å². The zero-order chi connectivity index (χ0) is 15.2. The van der Waals surface area contributed by atoms with Gasteiger partial charge in [0.2, 0.25) is 5.91 Å². The van der Waals surface area contributed by atoms with Gasteiger partial charge in [0.05, 0.1) is 12.2 Å². The van der Waals surface area contributed by atoms with Crippen molar-refractivity contribution in [1.29, 1.82) is 0 Å². The lowest BCUT2D eigenvalue weighted by molar-refractivity contribution is -0.120. The molecule has 5 heteroatoms. The summed E-state index contributed by atoms with van der Waals surface area (Å²) in [7, 11) is 0. The van der Waals surface area contributed by atoms with Crippen molar-refractivity contribution in [2.24, 2.45) is 11.7 Å². The smallest absolute Gasteiger partial charge is 0.338 e. The molecule has 114 valence electrons. The minimum absolute atomic E-state index is 0.00837. The second kappa shape index (κ2) is 7.22. The standard InChI is InChI=1S/C16H22N2O3/c1-2-21-16(20)11-6-8-14(9-7-11)18-15(19)12-4-3-5-13(17)10-12/h6-9,12-13H,2-5,10,17H2,1H3,(H,18,19). The molecule has 0 aliphatic heterocycles. The zero-order valence-electron chi connectivity index (χ0n) is 12.3. The van der Waals surface area contributed by atoms with Crippen LogP contribution in [0.4, 0.5) is 5.69 Å². The van der Waals surface area contributed by atoms with Crippen LogP contribution in [0.1, 0.15) is 43.0 Å². The summed E-state index contributed by atoms with van der Waals surface area (Å²) in [6.07, 6.45) is 3.63. The van der Waals surface area contributed by atoms with E-state index in [2.05, 4.69) is 5.32 Å². The average Bonchev–Trinajstić information content (AvgIpc) is 2.48. The molecular weight excluding hydrogens is 268 g/mol. The maximum absolute atomic E-state index is 12.2. The fourth-order valence-corrected chi connectivity index (χ4v) is 2.61. The first kappa shape index (κ1) is 15.5. The molecule has 0 aromatic heterocycles. The number of carbonyl (C=O) groups is 2. The summed E-state index contributed by atoms with van der Waals surface area (Å²) in [6, 6.07) is 6.86. The van der Waals surface area contributed by atoms with Crippen molar-refractivity contribution in [2.45, 2.75) is 38.6 Å². The van der Waals surface area contributed by atoms with Crippen LogP contribution in [0.2, 0.25) is 0 Å². The quantitative estimate of drug-likeness (QED) is 0.834. The molecule has 1 aromatic rings. The summed E-state index contributed by atoms with van der Waals surface area (Å²) in [5.41, 5.74) is 7.07. The molecule has 2 unspecified atom stereocenters. The first-order valence-corrected chi connectivity index (χ1v) is 7.43. The average molecular weight is 290 g/mol. The summed E-state index contributed by atoms with van der Waals surface area (Å²) in [5, 5.41) is 2.88. The van der Waals surface area contributed by atoms with Crippen LogP contribution in [0.25, 0.3) is 0 Å². The van der Waals surface area contributed by atoms with Gasteiger partial charge in [-0.2, -0.15) is 0 Å². The van der Waals surface area contributed by atoms with Crippen molar-refractivity contribution in [3.63, 3.8) is 0 Å². The minimum Gasteiger partial charge on any atom is -0.462 e. The second-order valence-corrected chi connectivity index (χ2v) is 5.41. The summed E-state index contributed by atoms with van der Waals surface area (Å²) < 4.78 is 4.92. The Kier molecular flexibility index (Phi) is 5.33. The summed E-state index contributed by atoms with van der Waals surface area (Å²) in [4.78, 5) is 23.7. The zero-order valence-corrected chi connectivity index (χ0v) is 12.3. The highest BCUT2D eigenvalue weighted by Gasteiger charge is 2.25. The number of anilines is 1. The molecule has 3 N–H and O–H groups in total. The molecule has 5 nitrogen and oxygen atoms in total. The van der Waals surface area contributed by atoms with Gasteiger partial charge in [0.1, 0.15) is 0 Å². The van der Waals surface area contributed by atoms with E-state index in [4.69, 9.17) is 10.5 Å². The van der Waals surface area contributed by atoms with E-state index in [1.807, 2.05) is 0 Å². The van der Waals surface area contributed by atoms with Crippen molar-refractivity contribution < 1.29 is 14.3 Å². The molecule has 1 aliphatic carbocycles. The van der Waals surface area contributed by atoms with Crippen molar-refractivity contribution in [1.82, 2.24) is 0 Å². The van der Waals surface area contributed by atoms with Crippen LogP contribution in [-0.4, -0.2) is 24.5 Å². The largest absolute Gasteiger partial charge is 0.462 e. The molecule has 0 bridgehead atoms. The topological polar surface area (TPSA) is 81.4 Å². The Labute approximate surface area is 124 Å². The van der Waals surface area contributed by atoms with Crippen molar-refractivity contribution in [3.8, 4) is 0 Å². The van der Waals surface area contributed by atoms with Gasteiger partial charge in [0, 0.05) is 17.6 Å². The fraction of sp³-hybridized carbons (Fsp3) is 0.500. The Morgan fingerprint density at radius 1 is 1.29 bits per heavy atom. The molecule has 2 atom stereocenters. The number of hydrogen-bond donors (Lipinski definition) is 2. The molecule has 2 rings (SSSR count). The Bertz CT molecular complexity index is 499. The number of esters is 1. The highest BCUT2D eigenvalue weighted by Crippen LogP contribution is 2.24. The van der Waals surface area contributed by atoms with Crippen molar-refractivity contribution >= 4 is 17.6 Å². The highest BCUT2D eigenvalue weighted by atomic mass is 16.5. The van der Waals surface area contributed by atoms with Crippen LogP contribution in [0.3, 0.4) is 0 Å². The van der Waals surface area contributed by atoms with Crippen LogP contribution in [0, 0.1) is 5.92 Å². The predicted molar refractivity (Wildman–Crippen MR) is 81.0 cm³/mol. The van der Waals surface area contributed by atoms with Gasteiger partial charge >= 0.3 is 5.97 Å². The van der Waals surface area contributed by atoms with Crippen LogP contribution in [0.5, 0.6) is 0 Å². The third kappa shape index (κ3) is 4.29. The molecular formula is C16H22N2O3. The van der Waals surface area contributed by atoms with Crippen LogP contribution < -0.4 is 11.1 Å². The number of nitrogens with two attached hydrogens (primary N) is 1. The van der Waals surface area contributed by atoms with E-state index >= 15 is 0 Å². The molecule has 1 aliphatic rings. The number of benzene rings is 1. The lowest BCUT2D eigenvalue weighted by Crippen LogP contribution is -2.34. The number of nitrogens with one attached hydrogen (secondary N) is 1. The number of hydrogen-bond acceptors (Lipinski definition) is 4. The van der Waals surface area contributed by atoms with Crippen LogP contribution in [-0.2, 0) is 9.53 Å². The number of amides is 1. The van der Waals surface area contributed by atoms with Gasteiger partial charge in [-0.25, -0.2) is 4.79 Å². The SMILES string of the molecule is CCOC(=O)c1ccc(NC(=O)C2CCCC(N)C2)cc1. The molecule has 1 aromatic carbocycles. The molecule has 1 amide bonds. The van der Waals surface area contributed by atoms with E-state index in [1.54, 1.807) is 31.2 Å². The minimum atomic E-state index is -0.353. The first-order chi connectivity index (χ1) is 10.1. The van der Waals surface area contributed by atoms with E-state index in [-0.39, 0.29) is 23.8 Å². The van der Waals surface area contributed by atoms with Gasteiger partial charge in [-0.15, -0.1) is 0 Å². The van der Waals surface area contributed by atoms with Gasteiger partial charge < -0.3 is 15.8 Å². The Morgan fingerprint density at radius 3 is 2.62 bits per heavy atom. The third-order valence-electron chi connectivity index (χ3n) is 3.75. The van der Waals surface area contributed by atoms with E-state index in [0.717, 1.165) is 25.7 Å². The molecule has 0 saturated heterocycles. The molecule has 0 radical (unpaired) electrons. The fourth-order valence-electron chi connectivity index (χ4n) is 2.61. The van der Waals surface area contributed by atoms with Gasteiger partial charge in [-0.1, -0.05) is 6.42 Å². The Morgan fingerprint density at radius 2 is 2.00 bits per heavy atom. The number of carbonyl (C=O) groups excluding carboxylic acids is 2. The molecule has 0 heterocycles.